The molecule has 13 heteroatoms. The summed E-state index contributed by atoms with van der Waals surface area (Å²) < 4.78 is 60.4. The molecule has 0 radical (unpaired) electrons. The molecule has 1 saturated heterocycles. The predicted molar refractivity (Wildman–Crippen MR) is 154 cm³/mol. The average Bonchev–Trinajstić information content (AvgIpc) is 2.98. The van der Waals surface area contributed by atoms with Crippen LogP contribution in [-0.2, 0) is 53.8 Å². The second-order valence-electron chi connectivity index (χ2n) is 9.62. The van der Waals surface area contributed by atoms with Crippen LogP contribution in [0.15, 0.2) is 91.0 Å². The first-order valence-electron chi connectivity index (χ1n) is 13.7. The van der Waals surface area contributed by atoms with Crippen LogP contribution in [0.1, 0.15) is 26.3 Å². The Hall–Kier alpha value is -4.22. The molecule has 0 saturated carbocycles. The van der Waals surface area contributed by atoms with E-state index in [1.807, 2.05) is 6.07 Å². The van der Waals surface area contributed by atoms with E-state index < -0.39 is 63.0 Å². The fourth-order valence-electron chi connectivity index (χ4n) is 4.31. The Morgan fingerprint density at radius 1 is 0.682 bits per heavy atom. The number of hydrogen-bond donors (Lipinski definition) is 0. The van der Waals surface area contributed by atoms with Crippen molar-refractivity contribution in [3.8, 4) is 11.5 Å². The minimum Gasteiger partial charge on any atom is -0.463 e. The van der Waals surface area contributed by atoms with Crippen LogP contribution in [0.2, 0.25) is 0 Å². The van der Waals surface area contributed by atoms with Gasteiger partial charge in [0.05, 0.1) is 6.61 Å². The van der Waals surface area contributed by atoms with Crippen molar-refractivity contribution in [1.29, 1.82) is 0 Å². The highest BCUT2D eigenvalue weighted by Crippen LogP contribution is 2.52. The normalized spacial score (nSPS) is 21.5. The second kappa shape index (κ2) is 15.5. The molecule has 1 heterocycles. The van der Waals surface area contributed by atoms with Crippen molar-refractivity contribution in [3.63, 3.8) is 0 Å². The first-order chi connectivity index (χ1) is 21.1. The highest BCUT2D eigenvalue weighted by molar-refractivity contribution is 7.49. The summed E-state index contributed by atoms with van der Waals surface area (Å²) >= 11 is 0. The van der Waals surface area contributed by atoms with E-state index >= 15 is 0 Å². The van der Waals surface area contributed by atoms with E-state index in [2.05, 4.69) is 0 Å². The van der Waals surface area contributed by atoms with E-state index in [0.29, 0.717) is 0 Å². The topological polar surface area (TPSA) is 142 Å². The van der Waals surface area contributed by atoms with E-state index in [-0.39, 0.29) is 18.1 Å². The van der Waals surface area contributed by atoms with Gasteiger partial charge in [0.25, 0.3) is 0 Å². The molecule has 1 aliphatic heterocycles. The van der Waals surface area contributed by atoms with Crippen molar-refractivity contribution in [2.45, 2.75) is 58.1 Å². The number of benzene rings is 3. The summed E-state index contributed by atoms with van der Waals surface area (Å²) in [5, 5.41) is 0. The summed E-state index contributed by atoms with van der Waals surface area (Å²) in [4.78, 5) is 36.2. The molecule has 0 amide bonds. The number of phosphoric acid groups is 1. The van der Waals surface area contributed by atoms with Crippen LogP contribution < -0.4 is 9.05 Å². The Morgan fingerprint density at radius 3 is 1.68 bits per heavy atom. The Morgan fingerprint density at radius 2 is 1.18 bits per heavy atom. The van der Waals surface area contributed by atoms with Gasteiger partial charge in [-0.05, 0) is 29.8 Å². The van der Waals surface area contributed by atoms with E-state index in [9.17, 15) is 18.9 Å². The van der Waals surface area contributed by atoms with Crippen molar-refractivity contribution in [2.75, 3.05) is 6.61 Å². The zero-order chi connectivity index (χ0) is 31.5. The molecule has 12 nitrogen and oxygen atoms in total. The average molecular weight is 629 g/mol. The monoisotopic (exact) mass is 628 g/mol. The van der Waals surface area contributed by atoms with Gasteiger partial charge in [-0.1, -0.05) is 66.7 Å². The number of hydrogen-bond acceptors (Lipinski definition) is 12. The van der Waals surface area contributed by atoms with Crippen LogP contribution in [0.25, 0.3) is 0 Å². The van der Waals surface area contributed by atoms with Crippen LogP contribution >= 0.6 is 7.82 Å². The van der Waals surface area contributed by atoms with Gasteiger partial charge in [-0.3, -0.25) is 14.4 Å². The number of phosphoric ester groups is 1. The molecule has 0 bridgehead atoms. The van der Waals surface area contributed by atoms with Crippen molar-refractivity contribution >= 4 is 25.7 Å². The molecule has 3 aromatic rings. The number of rotatable bonds is 13. The molecule has 5 atom stereocenters. The maximum absolute atomic E-state index is 14.3. The number of esters is 3. The fraction of sp³-hybridized carbons (Fsp3) is 0.323. The predicted octanol–water partition coefficient (Wildman–Crippen LogP) is 5.01. The van der Waals surface area contributed by atoms with Crippen LogP contribution in [0.5, 0.6) is 11.5 Å². The van der Waals surface area contributed by atoms with Crippen molar-refractivity contribution < 1.29 is 56.2 Å². The highest BCUT2D eigenvalue weighted by Gasteiger charge is 2.54. The van der Waals surface area contributed by atoms with Gasteiger partial charge in [0.2, 0.25) is 6.29 Å². The highest BCUT2D eigenvalue weighted by atomic mass is 31.2. The van der Waals surface area contributed by atoms with Gasteiger partial charge in [-0.25, -0.2) is 9.09 Å². The summed E-state index contributed by atoms with van der Waals surface area (Å²) in [5.74, 6) is -1.79. The van der Waals surface area contributed by atoms with E-state index in [1.165, 1.54) is 6.92 Å². The quantitative estimate of drug-likeness (QED) is 0.143. The minimum atomic E-state index is -4.60. The lowest BCUT2D eigenvalue weighted by molar-refractivity contribution is -0.298. The smallest absolute Gasteiger partial charge is 0.463 e. The molecule has 4 rings (SSSR count). The van der Waals surface area contributed by atoms with Gasteiger partial charge in [-0.15, -0.1) is 0 Å². The SMILES string of the molecule is CC(=O)OC[C@H]1O[C@H](OP(=O)(Oc2ccccc2)Oc2ccccc2)[C@@H](OCc2ccccc2)[C@@H](OC(C)=O)[C@@H]1OC(C)=O. The molecule has 0 spiro atoms. The molecule has 0 unspecified atom stereocenters. The Kier molecular flexibility index (Phi) is 11.5. The molecule has 1 aliphatic rings. The lowest BCUT2D eigenvalue weighted by atomic mass is 9.98. The lowest BCUT2D eigenvalue weighted by Gasteiger charge is -2.44. The summed E-state index contributed by atoms with van der Waals surface area (Å²) in [5.41, 5.74) is 0.739. The first-order valence-corrected chi connectivity index (χ1v) is 15.1. The van der Waals surface area contributed by atoms with Gasteiger partial charge in [0.15, 0.2) is 18.3 Å². The van der Waals surface area contributed by atoms with Crippen LogP contribution in [0, 0.1) is 0 Å². The maximum Gasteiger partial charge on any atom is 0.590 e. The van der Waals surface area contributed by atoms with Crippen molar-refractivity contribution in [2.24, 2.45) is 0 Å². The third kappa shape index (κ3) is 9.65. The molecule has 0 aliphatic carbocycles. The molecule has 234 valence electrons. The Bertz CT molecular complexity index is 1370. The molecular weight excluding hydrogens is 595 g/mol. The zero-order valence-corrected chi connectivity index (χ0v) is 25.2. The summed E-state index contributed by atoms with van der Waals surface area (Å²) in [6.45, 7) is 3.04. The Balaban J connectivity index is 1.75. The third-order valence-corrected chi connectivity index (χ3v) is 7.42. The van der Waals surface area contributed by atoms with E-state index in [1.54, 1.807) is 84.9 Å². The zero-order valence-electron chi connectivity index (χ0n) is 24.3. The van der Waals surface area contributed by atoms with Gasteiger partial charge in [0, 0.05) is 20.8 Å². The fourth-order valence-corrected chi connectivity index (χ4v) is 5.62. The first kappa shape index (κ1) is 32.7. The van der Waals surface area contributed by atoms with E-state index in [0.717, 1.165) is 19.4 Å². The standard InChI is InChI=1S/C31H33O12P/c1-21(32)36-20-27-28(38-22(2)33)29(39-23(3)34)30(37-19-24-13-7-4-8-14-24)31(40-27)43-44(35,41-25-15-9-5-10-16-25)42-26-17-11-6-12-18-26/h4-18,27-31H,19-20H2,1-3H3/t27-,28-,29+,30+,31-/m1/s1. The summed E-state index contributed by atoms with van der Waals surface area (Å²) in [6.07, 6.45) is -6.87. The minimum absolute atomic E-state index is 0.0305. The number of carbonyl (C=O) groups excluding carboxylic acids is 3. The summed E-state index contributed by atoms with van der Waals surface area (Å²) in [7, 11) is -4.60. The van der Waals surface area contributed by atoms with Gasteiger partial charge in [-0.2, -0.15) is 0 Å². The van der Waals surface area contributed by atoms with Gasteiger partial charge >= 0.3 is 25.7 Å². The molecule has 1 fully saturated rings. The molecule has 44 heavy (non-hydrogen) atoms. The van der Waals surface area contributed by atoms with E-state index in [4.69, 9.17) is 37.3 Å². The molecule has 0 aromatic heterocycles. The lowest BCUT2D eigenvalue weighted by Crippen LogP contribution is -2.62. The number of para-hydroxylation sites is 2. The third-order valence-electron chi connectivity index (χ3n) is 6.09. The molecule has 3 aromatic carbocycles. The second-order valence-corrected chi connectivity index (χ2v) is 11.1. The molecule has 0 N–H and O–H groups in total. The van der Waals surface area contributed by atoms with Crippen LogP contribution in [0.4, 0.5) is 0 Å². The van der Waals surface area contributed by atoms with Crippen molar-refractivity contribution in [1.82, 2.24) is 0 Å². The summed E-state index contributed by atoms with van der Waals surface area (Å²) in [6, 6.07) is 25.4. The number of ether oxygens (including phenoxy) is 5. The van der Waals surface area contributed by atoms with Gasteiger partial charge < -0.3 is 32.7 Å². The molecular formula is C31H33O12P. The van der Waals surface area contributed by atoms with Crippen molar-refractivity contribution in [3.05, 3.63) is 96.6 Å². The number of carbonyl (C=O) groups is 3. The van der Waals surface area contributed by atoms with Crippen LogP contribution in [-0.4, -0.2) is 55.2 Å². The largest absolute Gasteiger partial charge is 0.590 e. The Labute approximate surface area is 254 Å². The van der Waals surface area contributed by atoms with Crippen LogP contribution in [0.3, 0.4) is 0 Å². The maximum atomic E-state index is 14.3. The van der Waals surface area contributed by atoms with Gasteiger partial charge in [0.1, 0.15) is 24.2 Å².